The van der Waals surface area contributed by atoms with Gasteiger partial charge in [-0.15, -0.1) is 0 Å². The minimum Gasteiger partial charge on any atom is -0.258 e. The molecule has 3 rings (SSSR count). The number of nitro benzene ring substituents is 2. The Hall–Kier alpha value is -3.28. The van der Waals surface area contributed by atoms with Crippen molar-refractivity contribution in [1.82, 2.24) is 0 Å². The van der Waals surface area contributed by atoms with Gasteiger partial charge in [-0.1, -0.05) is 54.6 Å². The van der Waals surface area contributed by atoms with Crippen LogP contribution in [0, 0.1) is 26.6 Å². The molecule has 3 aromatic carbocycles. The molecule has 0 fully saturated rings. The lowest BCUT2D eigenvalue weighted by Crippen LogP contribution is -2.01. The van der Waals surface area contributed by atoms with E-state index in [1.807, 2.05) is 48.9 Å². The van der Waals surface area contributed by atoms with Crippen molar-refractivity contribution in [3.05, 3.63) is 98.4 Å². The molecule has 24 heavy (non-hydrogen) atoms. The van der Waals surface area contributed by atoms with E-state index in [0.717, 1.165) is 22.4 Å². The van der Waals surface area contributed by atoms with Crippen LogP contribution in [0.5, 0.6) is 0 Å². The highest BCUT2D eigenvalue weighted by molar-refractivity contribution is 5.86. The number of benzene rings is 3. The van der Waals surface area contributed by atoms with E-state index < -0.39 is 21.2 Å². The number of hydrogen-bond donors (Lipinski definition) is 0. The molecule has 0 aliphatic carbocycles. The number of rotatable bonds is 5. The molecule has 6 nitrogen and oxygen atoms in total. The maximum Gasteiger partial charge on any atom is 0.349 e. The summed E-state index contributed by atoms with van der Waals surface area (Å²) in [5.74, 6) is 0. The Morgan fingerprint density at radius 3 is 2.29 bits per heavy atom. The molecule has 6 heteroatoms. The third-order valence-corrected chi connectivity index (χ3v) is 3.84. The fraction of sp³-hybridized carbons (Fsp3) is 0.0556. The van der Waals surface area contributed by atoms with Gasteiger partial charge in [0.05, 0.1) is 9.85 Å². The van der Waals surface area contributed by atoms with Crippen molar-refractivity contribution in [3.63, 3.8) is 0 Å². The van der Waals surface area contributed by atoms with Crippen LogP contribution in [0.1, 0.15) is 11.1 Å². The second kappa shape index (κ2) is 6.45. The number of nitrogens with zero attached hydrogens (tertiary/aromatic N) is 2. The molecule has 119 valence electrons. The summed E-state index contributed by atoms with van der Waals surface area (Å²) in [6, 6.07) is 17.8. The van der Waals surface area contributed by atoms with Gasteiger partial charge in [0, 0.05) is 11.6 Å². The van der Waals surface area contributed by atoms with Crippen molar-refractivity contribution in [3.8, 4) is 0 Å². The maximum atomic E-state index is 11.3. The van der Waals surface area contributed by atoms with Gasteiger partial charge in [-0.2, -0.15) is 0 Å². The van der Waals surface area contributed by atoms with Crippen molar-refractivity contribution >= 4 is 22.1 Å². The molecular formula is C18H13N2O4. The van der Waals surface area contributed by atoms with Crippen LogP contribution in [0.25, 0.3) is 10.8 Å². The summed E-state index contributed by atoms with van der Waals surface area (Å²) in [5.41, 5.74) is 0.332. The highest BCUT2D eigenvalue weighted by atomic mass is 16.6. The first-order valence-corrected chi connectivity index (χ1v) is 7.29. The van der Waals surface area contributed by atoms with Crippen LogP contribution in [0.15, 0.2) is 60.7 Å². The second-order valence-electron chi connectivity index (χ2n) is 5.28. The first-order chi connectivity index (χ1) is 11.6. The monoisotopic (exact) mass is 321 g/mol. The van der Waals surface area contributed by atoms with Gasteiger partial charge < -0.3 is 0 Å². The maximum absolute atomic E-state index is 11.3. The van der Waals surface area contributed by atoms with Gasteiger partial charge in [-0.25, -0.2) is 0 Å². The Balaban J connectivity index is 1.96. The molecule has 0 saturated heterocycles. The number of nitro groups is 2. The zero-order chi connectivity index (χ0) is 17.1. The lowest BCUT2D eigenvalue weighted by molar-refractivity contribution is -0.422. The summed E-state index contributed by atoms with van der Waals surface area (Å²) in [6.45, 7) is 0. The van der Waals surface area contributed by atoms with Crippen molar-refractivity contribution in [1.29, 1.82) is 0 Å². The zero-order valence-corrected chi connectivity index (χ0v) is 12.6. The zero-order valence-electron chi connectivity index (χ0n) is 12.6. The van der Waals surface area contributed by atoms with E-state index in [1.54, 1.807) is 6.07 Å². The molecule has 1 radical (unpaired) electrons. The second-order valence-corrected chi connectivity index (χ2v) is 5.28. The van der Waals surface area contributed by atoms with Gasteiger partial charge in [0.25, 0.3) is 0 Å². The predicted octanol–water partition coefficient (Wildman–Crippen LogP) is 4.45. The molecule has 0 unspecified atom stereocenters. The van der Waals surface area contributed by atoms with Crippen LogP contribution in [0.2, 0.25) is 0 Å². The summed E-state index contributed by atoms with van der Waals surface area (Å²) in [5, 5.41) is 24.4. The molecule has 0 N–H and O–H groups in total. The van der Waals surface area contributed by atoms with Crippen LogP contribution in [-0.4, -0.2) is 9.85 Å². The van der Waals surface area contributed by atoms with E-state index in [2.05, 4.69) is 0 Å². The predicted molar refractivity (Wildman–Crippen MR) is 90.8 cm³/mol. The Kier molecular flexibility index (Phi) is 4.20. The average Bonchev–Trinajstić information content (AvgIpc) is 2.59. The number of fused-ring (bicyclic) bond motifs is 1. The van der Waals surface area contributed by atoms with Crippen LogP contribution in [-0.2, 0) is 6.42 Å². The third-order valence-electron chi connectivity index (χ3n) is 3.84. The normalized spacial score (nSPS) is 10.7. The molecular weight excluding hydrogens is 308 g/mol. The summed E-state index contributed by atoms with van der Waals surface area (Å²) in [6.07, 6.45) is 2.10. The summed E-state index contributed by atoms with van der Waals surface area (Å²) >= 11 is 0. The topological polar surface area (TPSA) is 86.3 Å². The number of hydrogen-bond acceptors (Lipinski definition) is 4. The van der Waals surface area contributed by atoms with E-state index in [-0.39, 0.29) is 6.42 Å². The molecule has 3 aromatic rings. The van der Waals surface area contributed by atoms with Crippen molar-refractivity contribution in [2.45, 2.75) is 6.42 Å². The van der Waals surface area contributed by atoms with Crippen LogP contribution < -0.4 is 0 Å². The Morgan fingerprint density at radius 1 is 0.833 bits per heavy atom. The van der Waals surface area contributed by atoms with Crippen LogP contribution in [0.4, 0.5) is 11.4 Å². The van der Waals surface area contributed by atoms with Gasteiger partial charge >= 0.3 is 11.4 Å². The quantitative estimate of drug-likeness (QED) is 0.513. The number of para-hydroxylation sites is 1. The minimum atomic E-state index is -0.723. The molecule has 0 aliphatic heterocycles. The Morgan fingerprint density at radius 2 is 1.54 bits per heavy atom. The average molecular weight is 321 g/mol. The lowest BCUT2D eigenvalue weighted by Gasteiger charge is -2.07. The SMILES string of the molecule is O=[N+]([O-])c1cccc(C[CH]c2cccc3ccccc23)c1[N+](=O)[O-]. The molecule has 0 aromatic heterocycles. The highest BCUT2D eigenvalue weighted by Gasteiger charge is 2.27. The highest BCUT2D eigenvalue weighted by Crippen LogP contribution is 2.32. The van der Waals surface area contributed by atoms with Crippen LogP contribution >= 0.6 is 0 Å². The first-order valence-electron chi connectivity index (χ1n) is 7.29. The van der Waals surface area contributed by atoms with E-state index in [0.29, 0.717) is 5.56 Å². The molecule has 0 atom stereocenters. The summed E-state index contributed by atoms with van der Waals surface area (Å²) in [7, 11) is 0. The molecule has 0 saturated carbocycles. The third kappa shape index (κ3) is 2.94. The summed E-state index contributed by atoms with van der Waals surface area (Å²) < 4.78 is 0. The fourth-order valence-corrected chi connectivity index (χ4v) is 2.75. The Bertz CT molecular complexity index is 932. The van der Waals surface area contributed by atoms with Gasteiger partial charge in [-0.05, 0) is 29.2 Å². The van der Waals surface area contributed by atoms with Gasteiger partial charge in [0.1, 0.15) is 0 Å². The smallest absolute Gasteiger partial charge is 0.258 e. The molecule has 0 heterocycles. The largest absolute Gasteiger partial charge is 0.349 e. The molecule has 0 spiro atoms. The minimum absolute atomic E-state index is 0.242. The van der Waals surface area contributed by atoms with Crippen molar-refractivity contribution < 1.29 is 9.85 Å². The Labute approximate surface area is 137 Å². The van der Waals surface area contributed by atoms with Crippen molar-refractivity contribution in [2.24, 2.45) is 0 Å². The van der Waals surface area contributed by atoms with E-state index in [9.17, 15) is 20.2 Å². The van der Waals surface area contributed by atoms with Gasteiger partial charge in [0.2, 0.25) is 0 Å². The lowest BCUT2D eigenvalue weighted by atomic mass is 9.97. The van der Waals surface area contributed by atoms with Gasteiger partial charge in [-0.3, -0.25) is 20.2 Å². The van der Waals surface area contributed by atoms with E-state index in [1.165, 1.54) is 6.07 Å². The molecule has 0 amide bonds. The summed E-state index contributed by atoms with van der Waals surface area (Å²) in [4.78, 5) is 20.9. The fourth-order valence-electron chi connectivity index (χ4n) is 2.75. The molecule has 0 bridgehead atoms. The first kappa shape index (κ1) is 15.6. The van der Waals surface area contributed by atoms with E-state index in [4.69, 9.17) is 0 Å². The van der Waals surface area contributed by atoms with Gasteiger partial charge in [0.15, 0.2) is 0 Å². The van der Waals surface area contributed by atoms with E-state index >= 15 is 0 Å². The molecule has 0 aliphatic rings. The van der Waals surface area contributed by atoms with Crippen molar-refractivity contribution in [2.75, 3.05) is 0 Å². The van der Waals surface area contributed by atoms with Crippen LogP contribution in [0.3, 0.4) is 0 Å². The standard InChI is InChI=1S/C18H13N2O4/c21-19(22)17-10-4-8-15(18(17)20(23)24)12-11-14-7-3-6-13-5-1-2-9-16(13)14/h1-11H,12H2.